The number of Topliss-reactive ketones (excluding diaryl/α,β-unsaturated/α-hetero) is 1. The van der Waals surface area contributed by atoms with E-state index in [-0.39, 0.29) is 58.5 Å². The third-order valence-corrected chi connectivity index (χ3v) is 12.6. The lowest BCUT2D eigenvalue weighted by Crippen LogP contribution is -2.58. The zero-order valence-electron chi connectivity index (χ0n) is 27.6. The number of hydrogen-bond acceptors (Lipinski definition) is 7. The molecule has 0 aromatic heterocycles. The van der Waals surface area contributed by atoms with Gasteiger partial charge in [0.25, 0.3) is 0 Å². The van der Waals surface area contributed by atoms with Crippen molar-refractivity contribution in [2.45, 2.75) is 138 Å². The summed E-state index contributed by atoms with van der Waals surface area (Å²) < 4.78 is 17.6. The van der Waals surface area contributed by atoms with Crippen LogP contribution in [-0.4, -0.2) is 42.0 Å². The van der Waals surface area contributed by atoms with Crippen LogP contribution in [0, 0.1) is 58.2 Å². The first kappa shape index (κ1) is 33.0. The Labute approximate surface area is 253 Å². The smallest absolute Gasteiger partial charge is 0.303 e. The number of hydrogen-bond donors (Lipinski definition) is 0. The van der Waals surface area contributed by atoms with Gasteiger partial charge in [0, 0.05) is 44.9 Å². The normalized spacial score (nSPS) is 38.8. The molecule has 4 aliphatic rings. The summed E-state index contributed by atoms with van der Waals surface area (Å²) in [5.41, 5.74) is -0.0221. The molecule has 0 aromatic carbocycles. The van der Waals surface area contributed by atoms with Crippen molar-refractivity contribution < 1.29 is 33.4 Å². The van der Waals surface area contributed by atoms with E-state index < -0.39 is 12.2 Å². The zero-order valence-corrected chi connectivity index (χ0v) is 27.6. The van der Waals surface area contributed by atoms with Crippen molar-refractivity contribution in [3.8, 4) is 0 Å². The fraction of sp³-hybridized carbons (Fsp3) is 0.886. The highest BCUT2D eigenvalue weighted by molar-refractivity contribution is 5.83. The predicted molar refractivity (Wildman–Crippen MR) is 160 cm³/mol. The summed E-state index contributed by atoms with van der Waals surface area (Å²) in [5.74, 6) is 1.34. The Morgan fingerprint density at radius 1 is 0.833 bits per heavy atom. The van der Waals surface area contributed by atoms with E-state index in [2.05, 4.69) is 41.5 Å². The van der Waals surface area contributed by atoms with Crippen LogP contribution < -0.4 is 0 Å². The summed E-state index contributed by atoms with van der Waals surface area (Å²) in [6.45, 7) is 17.7. The summed E-state index contributed by atoms with van der Waals surface area (Å²) in [5, 5.41) is 0. The predicted octanol–water partition coefficient (Wildman–Crippen LogP) is 6.94. The van der Waals surface area contributed by atoms with Crippen LogP contribution in [0.15, 0.2) is 0 Å². The second kappa shape index (κ2) is 12.6. The van der Waals surface area contributed by atoms with E-state index in [1.165, 1.54) is 20.8 Å². The van der Waals surface area contributed by atoms with Crippen LogP contribution >= 0.6 is 0 Å². The van der Waals surface area contributed by atoms with Crippen LogP contribution in [0.2, 0.25) is 0 Å². The quantitative estimate of drug-likeness (QED) is 0.213. The maximum absolute atomic E-state index is 13.8. The first-order chi connectivity index (χ1) is 19.6. The number of rotatable bonds is 9. The Bertz CT molecular complexity index is 1040. The van der Waals surface area contributed by atoms with E-state index in [1.54, 1.807) is 0 Å². The molecule has 0 saturated heterocycles. The van der Waals surface area contributed by atoms with Crippen molar-refractivity contribution in [2.75, 3.05) is 0 Å². The van der Waals surface area contributed by atoms with Gasteiger partial charge >= 0.3 is 17.9 Å². The first-order valence-corrected chi connectivity index (χ1v) is 16.7. The standard InChI is InChI=1S/C35H56O7/c1-10-25(19(2)3)33(42-23(7)38)32(41-22(6)37)20(4)27-11-12-28-26-18-31(39)30-17-24(40-21(5)36)13-15-35(30,9)29(26)14-16-34(27,28)8/h19-20,24-30,32-33H,10-18H2,1-9H3/t20-,24+,25-,26-,27+,28-,29-,30+,32-,33-,34+,35+/m0/s1. The van der Waals surface area contributed by atoms with Crippen molar-refractivity contribution in [1.29, 1.82) is 0 Å². The molecular weight excluding hydrogens is 532 g/mol. The van der Waals surface area contributed by atoms with Crippen LogP contribution in [0.25, 0.3) is 0 Å². The Hall–Kier alpha value is -1.92. The molecule has 0 unspecified atom stereocenters. The third-order valence-electron chi connectivity index (χ3n) is 12.6. The Morgan fingerprint density at radius 2 is 1.43 bits per heavy atom. The minimum atomic E-state index is -0.511. The number of esters is 3. The molecule has 12 atom stereocenters. The molecular formula is C35H56O7. The van der Waals surface area contributed by atoms with E-state index in [4.69, 9.17) is 14.2 Å². The van der Waals surface area contributed by atoms with Crippen molar-refractivity contribution in [1.82, 2.24) is 0 Å². The Morgan fingerprint density at radius 3 is 2.00 bits per heavy atom. The Kier molecular flexibility index (Phi) is 9.89. The molecule has 7 nitrogen and oxygen atoms in total. The molecule has 4 saturated carbocycles. The average Bonchev–Trinajstić information content (AvgIpc) is 3.24. The first-order valence-electron chi connectivity index (χ1n) is 16.7. The van der Waals surface area contributed by atoms with Crippen molar-refractivity contribution in [3.63, 3.8) is 0 Å². The van der Waals surface area contributed by atoms with Crippen molar-refractivity contribution >= 4 is 23.7 Å². The molecule has 0 aromatic rings. The molecule has 0 aliphatic heterocycles. The average molecular weight is 589 g/mol. The lowest BCUT2D eigenvalue weighted by molar-refractivity contribution is -0.183. The highest BCUT2D eigenvalue weighted by Gasteiger charge is 2.63. The molecule has 7 heteroatoms. The lowest BCUT2D eigenvalue weighted by Gasteiger charge is -2.60. The summed E-state index contributed by atoms with van der Waals surface area (Å²) >= 11 is 0. The van der Waals surface area contributed by atoms with Gasteiger partial charge < -0.3 is 14.2 Å². The molecule has 0 heterocycles. The highest BCUT2D eigenvalue weighted by Crippen LogP contribution is 2.68. The van der Waals surface area contributed by atoms with Gasteiger partial charge in [-0.2, -0.15) is 0 Å². The van der Waals surface area contributed by atoms with Gasteiger partial charge in [0.05, 0.1) is 0 Å². The molecule has 238 valence electrons. The fourth-order valence-corrected chi connectivity index (χ4v) is 10.8. The van der Waals surface area contributed by atoms with Gasteiger partial charge in [-0.15, -0.1) is 0 Å². The number of ketones is 1. The third kappa shape index (κ3) is 6.04. The highest BCUT2D eigenvalue weighted by atomic mass is 16.6. The van der Waals surface area contributed by atoms with Gasteiger partial charge in [0.2, 0.25) is 0 Å². The number of carbonyl (C=O) groups is 4. The van der Waals surface area contributed by atoms with Gasteiger partial charge in [-0.3, -0.25) is 19.2 Å². The molecule has 0 amide bonds. The molecule has 0 bridgehead atoms. The number of carbonyl (C=O) groups excluding carboxylic acids is 4. The topological polar surface area (TPSA) is 96.0 Å². The van der Waals surface area contributed by atoms with Gasteiger partial charge in [-0.05, 0) is 91.8 Å². The fourth-order valence-electron chi connectivity index (χ4n) is 10.8. The van der Waals surface area contributed by atoms with E-state index in [1.807, 2.05) is 0 Å². The summed E-state index contributed by atoms with van der Waals surface area (Å²) in [7, 11) is 0. The summed E-state index contributed by atoms with van der Waals surface area (Å²) in [6, 6.07) is 0. The van der Waals surface area contributed by atoms with Crippen molar-refractivity contribution in [3.05, 3.63) is 0 Å². The van der Waals surface area contributed by atoms with Gasteiger partial charge in [-0.25, -0.2) is 0 Å². The molecule has 4 rings (SSSR count). The maximum atomic E-state index is 13.8. The van der Waals surface area contributed by atoms with Crippen LogP contribution in [-0.2, 0) is 33.4 Å². The lowest BCUT2D eigenvalue weighted by atomic mass is 9.44. The molecule has 4 aliphatic carbocycles. The van der Waals surface area contributed by atoms with E-state index in [0.717, 1.165) is 44.9 Å². The zero-order chi connectivity index (χ0) is 31.1. The second-order valence-electron chi connectivity index (χ2n) is 15.2. The second-order valence-corrected chi connectivity index (χ2v) is 15.2. The summed E-state index contributed by atoms with van der Waals surface area (Å²) in [4.78, 5) is 50.2. The van der Waals surface area contributed by atoms with Crippen LogP contribution in [0.3, 0.4) is 0 Å². The van der Waals surface area contributed by atoms with E-state index in [0.29, 0.717) is 42.3 Å². The van der Waals surface area contributed by atoms with Crippen molar-refractivity contribution in [2.24, 2.45) is 58.2 Å². The summed E-state index contributed by atoms with van der Waals surface area (Å²) in [6.07, 6.45) is 7.00. The molecule has 0 N–H and O–H groups in total. The van der Waals surface area contributed by atoms with Gasteiger partial charge in [-0.1, -0.05) is 41.5 Å². The van der Waals surface area contributed by atoms with Crippen LogP contribution in [0.5, 0.6) is 0 Å². The molecule has 0 radical (unpaired) electrons. The largest absolute Gasteiger partial charge is 0.463 e. The number of fused-ring (bicyclic) bond motifs is 5. The van der Waals surface area contributed by atoms with Gasteiger partial charge in [0.1, 0.15) is 24.1 Å². The minimum absolute atomic E-state index is 0.0133. The molecule has 42 heavy (non-hydrogen) atoms. The minimum Gasteiger partial charge on any atom is -0.463 e. The van der Waals surface area contributed by atoms with E-state index >= 15 is 0 Å². The molecule has 4 fully saturated rings. The number of ether oxygens (including phenoxy) is 3. The Balaban J connectivity index is 1.60. The molecule has 0 spiro atoms. The van der Waals surface area contributed by atoms with Crippen LogP contribution in [0.1, 0.15) is 120 Å². The van der Waals surface area contributed by atoms with E-state index in [9.17, 15) is 19.2 Å². The monoisotopic (exact) mass is 588 g/mol. The SMILES string of the molecule is CC[C@@H](C(C)C)[C@H](OC(C)=O)[C@@H](OC(C)=O)[C@@H](C)[C@H]1CC[C@H]2[C@@H]3CC(=O)[C@H]4C[C@H](OC(C)=O)CC[C@]4(C)[C@H]3CC[C@]12C. The van der Waals surface area contributed by atoms with Gasteiger partial charge in [0.15, 0.2) is 0 Å². The maximum Gasteiger partial charge on any atom is 0.303 e. The van der Waals surface area contributed by atoms with Crippen LogP contribution in [0.4, 0.5) is 0 Å².